The maximum absolute atomic E-state index is 13.5. The van der Waals surface area contributed by atoms with Crippen molar-refractivity contribution >= 4 is 52.9 Å². The van der Waals surface area contributed by atoms with Gasteiger partial charge in [0.05, 0.1) is 25.0 Å². The molecule has 0 saturated carbocycles. The van der Waals surface area contributed by atoms with E-state index in [-0.39, 0.29) is 17.2 Å². The second-order valence-electron chi connectivity index (χ2n) is 9.61. The minimum absolute atomic E-state index is 0.00883. The van der Waals surface area contributed by atoms with Gasteiger partial charge in [0.15, 0.2) is 11.5 Å². The predicted octanol–water partition coefficient (Wildman–Crippen LogP) is 5.93. The van der Waals surface area contributed by atoms with Gasteiger partial charge in [0, 0.05) is 21.8 Å². The molecule has 4 aromatic carbocycles. The first-order valence-electron chi connectivity index (χ1n) is 13.7. The summed E-state index contributed by atoms with van der Waals surface area (Å²) in [6.07, 6.45) is 1.53. The number of carbonyl (C=O) groups is 4. The van der Waals surface area contributed by atoms with Crippen LogP contribution in [0.4, 0.5) is 11.4 Å². The third-order valence-corrected chi connectivity index (χ3v) is 7.49. The van der Waals surface area contributed by atoms with Gasteiger partial charge in [-0.1, -0.05) is 36.4 Å². The van der Waals surface area contributed by atoms with Crippen LogP contribution in [0.2, 0.25) is 0 Å². The second kappa shape index (κ2) is 15.3. The molecule has 0 aliphatic heterocycles. The molecule has 4 N–H and O–H groups in total. The zero-order valence-corrected chi connectivity index (χ0v) is 25.5. The van der Waals surface area contributed by atoms with Crippen LogP contribution < -0.4 is 25.4 Å². The fraction of sp³-hybridized carbons (Fsp3) is 0.118. The van der Waals surface area contributed by atoms with E-state index in [0.29, 0.717) is 38.9 Å². The molecule has 11 heteroatoms. The summed E-state index contributed by atoms with van der Waals surface area (Å²) in [6, 6.07) is 26.6. The van der Waals surface area contributed by atoms with Crippen molar-refractivity contribution in [2.45, 2.75) is 17.1 Å². The Balaban J connectivity index is 1.51. The maximum Gasteiger partial charge on any atom is 0.335 e. The molecule has 1 atom stereocenters. The van der Waals surface area contributed by atoms with E-state index in [1.807, 2.05) is 0 Å². The average Bonchev–Trinajstić information content (AvgIpc) is 3.04. The predicted molar refractivity (Wildman–Crippen MR) is 174 cm³/mol. The van der Waals surface area contributed by atoms with Crippen LogP contribution in [0.25, 0.3) is 6.08 Å². The Labute approximate surface area is 264 Å². The van der Waals surface area contributed by atoms with Gasteiger partial charge < -0.3 is 30.5 Å². The summed E-state index contributed by atoms with van der Waals surface area (Å²) in [5.74, 6) is -1.47. The first-order valence-corrected chi connectivity index (χ1v) is 14.6. The Morgan fingerprint density at radius 3 is 2.11 bits per heavy atom. The van der Waals surface area contributed by atoms with Crippen LogP contribution in [0.1, 0.15) is 33.2 Å². The molecule has 3 amide bonds. The smallest absolute Gasteiger partial charge is 0.335 e. The number of carboxylic acids is 1. The van der Waals surface area contributed by atoms with Gasteiger partial charge in [-0.3, -0.25) is 14.4 Å². The fourth-order valence-electron chi connectivity index (χ4n) is 4.13. The first kappa shape index (κ1) is 32.4. The van der Waals surface area contributed by atoms with Crippen LogP contribution in [0.3, 0.4) is 0 Å². The highest BCUT2D eigenvalue weighted by Gasteiger charge is 2.18. The molecule has 0 saturated heterocycles. The number of benzene rings is 4. The van der Waals surface area contributed by atoms with E-state index in [9.17, 15) is 24.3 Å². The summed E-state index contributed by atoms with van der Waals surface area (Å²) in [5, 5.41) is 16.9. The molecule has 0 fully saturated rings. The summed E-state index contributed by atoms with van der Waals surface area (Å²) in [7, 11) is 3.02. The van der Waals surface area contributed by atoms with Crippen LogP contribution in [0, 0.1) is 0 Å². The van der Waals surface area contributed by atoms with Crippen molar-refractivity contribution in [2.24, 2.45) is 0 Å². The van der Waals surface area contributed by atoms with Gasteiger partial charge >= 0.3 is 5.97 Å². The van der Waals surface area contributed by atoms with Crippen molar-refractivity contribution in [3.8, 4) is 11.5 Å². The number of aromatic carboxylic acids is 1. The zero-order valence-electron chi connectivity index (χ0n) is 24.7. The Morgan fingerprint density at radius 2 is 1.42 bits per heavy atom. The van der Waals surface area contributed by atoms with Gasteiger partial charge in [-0.25, -0.2) is 4.79 Å². The molecule has 10 nitrogen and oxygen atoms in total. The van der Waals surface area contributed by atoms with E-state index in [0.717, 1.165) is 0 Å². The molecule has 4 aromatic rings. The molecule has 0 radical (unpaired) electrons. The second-order valence-corrected chi connectivity index (χ2v) is 11.0. The van der Waals surface area contributed by atoms with E-state index in [1.54, 1.807) is 91.9 Å². The third-order valence-electron chi connectivity index (χ3n) is 6.40. The Bertz CT molecular complexity index is 1740. The van der Waals surface area contributed by atoms with E-state index in [1.165, 1.54) is 44.2 Å². The quantitative estimate of drug-likeness (QED) is 0.112. The van der Waals surface area contributed by atoms with Gasteiger partial charge in [-0.2, -0.15) is 0 Å². The SMILES string of the molecule is COc1ccc(/C=C(/NC(=O)c2ccccc2)C(=O)Nc2cccc(SC(C)C(=O)Nc3cccc(C(=O)O)c3)c2)cc1OC. The van der Waals surface area contributed by atoms with Crippen LogP contribution in [-0.2, 0) is 9.59 Å². The first-order chi connectivity index (χ1) is 21.7. The van der Waals surface area contributed by atoms with Crippen molar-refractivity contribution in [1.29, 1.82) is 0 Å². The number of ether oxygens (including phenoxy) is 2. The lowest BCUT2D eigenvalue weighted by Crippen LogP contribution is -2.30. The molecule has 230 valence electrons. The highest BCUT2D eigenvalue weighted by molar-refractivity contribution is 8.00. The summed E-state index contributed by atoms with van der Waals surface area (Å²) >= 11 is 1.26. The number of nitrogens with one attached hydrogen (secondary N) is 3. The van der Waals surface area contributed by atoms with Crippen molar-refractivity contribution in [2.75, 3.05) is 24.9 Å². The van der Waals surface area contributed by atoms with E-state index < -0.39 is 23.0 Å². The number of thioether (sulfide) groups is 1. The summed E-state index contributed by atoms with van der Waals surface area (Å²) in [5.41, 5.74) is 1.84. The topological polar surface area (TPSA) is 143 Å². The molecular formula is C34H31N3O7S. The highest BCUT2D eigenvalue weighted by Crippen LogP contribution is 2.29. The number of methoxy groups -OCH3 is 2. The van der Waals surface area contributed by atoms with Gasteiger partial charge in [0.1, 0.15) is 5.70 Å². The largest absolute Gasteiger partial charge is 0.493 e. The Morgan fingerprint density at radius 1 is 0.756 bits per heavy atom. The number of carbonyl (C=O) groups excluding carboxylic acids is 3. The van der Waals surface area contributed by atoms with Crippen LogP contribution in [0.15, 0.2) is 108 Å². The summed E-state index contributed by atoms with van der Waals surface area (Å²) < 4.78 is 10.7. The van der Waals surface area contributed by atoms with Gasteiger partial charge in [0.2, 0.25) is 5.91 Å². The van der Waals surface area contributed by atoms with Gasteiger partial charge in [-0.15, -0.1) is 11.8 Å². The van der Waals surface area contributed by atoms with Gasteiger partial charge in [-0.05, 0) is 79.2 Å². The molecule has 0 aliphatic carbocycles. The lowest BCUT2D eigenvalue weighted by Gasteiger charge is -2.14. The number of amides is 3. The minimum atomic E-state index is -1.09. The lowest BCUT2D eigenvalue weighted by atomic mass is 10.1. The lowest BCUT2D eigenvalue weighted by molar-refractivity contribution is -0.115. The normalized spacial score (nSPS) is 11.6. The van der Waals surface area contributed by atoms with Crippen LogP contribution >= 0.6 is 11.8 Å². The Hall–Kier alpha value is -5.55. The monoisotopic (exact) mass is 625 g/mol. The fourth-order valence-corrected chi connectivity index (χ4v) is 5.06. The summed E-state index contributed by atoms with van der Waals surface area (Å²) in [6.45, 7) is 1.72. The number of rotatable bonds is 12. The molecule has 0 bridgehead atoms. The molecule has 0 aromatic heterocycles. The Kier molecular flexibility index (Phi) is 11.0. The summed E-state index contributed by atoms with van der Waals surface area (Å²) in [4.78, 5) is 51.3. The van der Waals surface area contributed by atoms with Crippen molar-refractivity contribution in [3.05, 3.63) is 119 Å². The third kappa shape index (κ3) is 8.97. The highest BCUT2D eigenvalue weighted by atomic mass is 32.2. The standard InChI is InChI=1S/C34H31N3O7S/c1-21(31(38)35-25-12-7-11-24(19-25)34(41)42)45-27-14-8-13-26(20-27)36-33(40)28(37-32(39)23-9-5-4-6-10-23)17-22-15-16-29(43-2)30(18-22)44-3/h4-21H,1-3H3,(H,35,38)(H,36,40)(H,37,39)(H,41,42)/b28-17+. The number of hydrogen-bond acceptors (Lipinski definition) is 7. The van der Waals surface area contributed by atoms with Crippen LogP contribution in [0.5, 0.6) is 11.5 Å². The zero-order chi connectivity index (χ0) is 32.3. The molecule has 45 heavy (non-hydrogen) atoms. The minimum Gasteiger partial charge on any atom is -0.493 e. The molecule has 0 spiro atoms. The van der Waals surface area contributed by atoms with Gasteiger partial charge in [0.25, 0.3) is 11.8 Å². The van der Waals surface area contributed by atoms with E-state index >= 15 is 0 Å². The molecule has 1 unspecified atom stereocenters. The van der Waals surface area contributed by atoms with Crippen molar-refractivity contribution in [3.63, 3.8) is 0 Å². The van der Waals surface area contributed by atoms with E-state index in [4.69, 9.17) is 9.47 Å². The maximum atomic E-state index is 13.5. The van der Waals surface area contributed by atoms with Crippen molar-refractivity contribution < 1.29 is 33.8 Å². The molecular weight excluding hydrogens is 594 g/mol. The molecule has 4 rings (SSSR count). The molecule has 0 aliphatic rings. The van der Waals surface area contributed by atoms with E-state index in [2.05, 4.69) is 16.0 Å². The number of anilines is 2. The van der Waals surface area contributed by atoms with Crippen molar-refractivity contribution in [1.82, 2.24) is 5.32 Å². The average molecular weight is 626 g/mol. The van der Waals surface area contributed by atoms with Crippen LogP contribution in [-0.4, -0.2) is 48.3 Å². The molecule has 0 heterocycles. The number of carboxylic acid groups (broad SMARTS) is 1. The number of hydrogen-bond donors (Lipinski definition) is 4.